The van der Waals surface area contributed by atoms with Gasteiger partial charge in [0.1, 0.15) is 20.8 Å². The Bertz CT molecular complexity index is 4890. The number of nitrogens with one attached hydrogen (secondary N) is 6. The Kier molecular flexibility index (Phi) is 20.7. The number of thiophene rings is 3. The molecule has 2 saturated carbocycles. The van der Waals surface area contributed by atoms with Crippen LogP contribution in [0, 0.1) is 0 Å². The zero-order valence-corrected chi connectivity index (χ0v) is 60.5. The van der Waals surface area contributed by atoms with Crippen molar-refractivity contribution in [1.29, 1.82) is 0 Å². The van der Waals surface area contributed by atoms with E-state index in [0.29, 0.717) is 70.5 Å². The molecule has 8 N–H and O–H groups in total. The Morgan fingerprint density at radius 2 is 1.20 bits per heavy atom. The van der Waals surface area contributed by atoms with Crippen LogP contribution in [0.1, 0.15) is 152 Å². The summed E-state index contributed by atoms with van der Waals surface area (Å²) >= 11 is 14.5. The second kappa shape index (κ2) is 30.2. The molecule has 11 aromatic rings. The van der Waals surface area contributed by atoms with Crippen molar-refractivity contribution in [3.8, 4) is 28.5 Å². The van der Waals surface area contributed by atoms with Gasteiger partial charge in [-0.05, 0) is 170 Å². The van der Waals surface area contributed by atoms with E-state index in [4.69, 9.17) is 17.3 Å². The van der Waals surface area contributed by atoms with Crippen LogP contribution >= 0.6 is 80.9 Å². The van der Waals surface area contributed by atoms with Crippen molar-refractivity contribution in [2.75, 3.05) is 27.0 Å². The van der Waals surface area contributed by atoms with E-state index in [2.05, 4.69) is 78.5 Å². The summed E-state index contributed by atoms with van der Waals surface area (Å²) in [6, 6.07) is 35.2. The summed E-state index contributed by atoms with van der Waals surface area (Å²) < 4.78 is 4.14. The van der Waals surface area contributed by atoms with Crippen molar-refractivity contribution in [2.24, 2.45) is 5.73 Å². The number of fused-ring (bicyclic) bond motifs is 4. The lowest BCUT2D eigenvalue weighted by Gasteiger charge is -2.14. The Labute approximate surface area is 605 Å². The third-order valence-electron chi connectivity index (χ3n) is 17.8. The van der Waals surface area contributed by atoms with Crippen LogP contribution in [0.3, 0.4) is 0 Å². The predicted octanol–water partition coefficient (Wildman–Crippen LogP) is 15.6. The molecule has 0 radical (unpaired) electrons. The van der Waals surface area contributed by atoms with Crippen molar-refractivity contribution < 1.29 is 28.8 Å². The Morgan fingerprint density at radius 3 is 1.86 bits per heavy atom. The molecule has 0 saturated heterocycles. The molecular weight excluding hydrogens is 1400 g/mol. The molecule has 21 nitrogen and oxygen atoms in total. The average molecular weight is 1470 g/mol. The van der Waals surface area contributed by atoms with E-state index in [1.54, 1.807) is 42.5 Å². The Morgan fingerprint density at radius 1 is 0.630 bits per heavy atom. The first-order valence-corrected chi connectivity index (χ1v) is 38.9. The van der Waals surface area contributed by atoms with Crippen LogP contribution in [0.5, 0.6) is 0 Å². The Balaban J connectivity index is 0.000000128. The predicted molar refractivity (Wildman–Crippen MR) is 400 cm³/mol. The summed E-state index contributed by atoms with van der Waals surface area (Å²) in [6.45, 7) is 5.28. The lowest BCUT2D eigenvalue weighted by molar-refractivity contribution is -0.116. The number of H-pyrrole nitrogens is 2. The third kappa shape index (κ3) is 15.2. The van der Waals surface area contributed by atoms with Gasteiger partial charge in [-0.25, -0.2) is 4.98 Å². The zero-order valence-electron chi connectivity index (χ0n) is 54.8. The minimum atomic E-state index is -0.494. The molecule has 7 aromatic heterocycles. The molecule has 5 amide bonds. The van der Waals surface area contributed by atoms with Crippen LogP contribution < -0.4 is 27.0 Å². The van der Waals surface area contributed by atoms with Crippen LogP contribution in [-0.4, -0.2) is 101 Å². The van der Waals surface area contributed by atoms with Crippen LogP contribution in [-0.2, 0) is 52.9 Å². The number of amides is 5. The van der Waals surface area contributed by atoms with Gasteiger partial charge >= 0.3 is 0 Å². The number of benzene rings is 4. The van der Waals surface area contributed by atoms with Crippen LogP contribution in [0.4, 0.5) is 20.7 Å². The fourth-order valence-corrected chi connectivity index (χ4v) is 19.1. The number of halogens is 1. The van der Waals surface area contributed by atoms with Crippen molar-refractivity contribution in [3.63, 3.8) is 0 Å². The third-order valence-corrected chi connectivity index (χ3v) is 24.7. The number of para-hydroxylation sites is 2. The maximum atomic E-state index is 13.2. The van der Waals surface area contributed by atoms with Crippen molar-refractivity contribution in [2.45, 2.75) is 149 Å². The molecule has 512 valence electrons. The number of ketones is 1. The topological polar surface area (TPSA) is 295 Å². The van der Waals surface area contributed by atoms with E-state index in [-0.39, 0.29) is 40.4 Å². The van der Waals surface area contributed by atoms with Gasteiger partial charge in [0.25, 0.3) is 11.8 Å². The second-order valence-corrected chi connectivity index (χ2v) is 32.3. The smallest absolute Gasteiger partial charge is 0.258 e. The summed E-state index contributed by atoms with van der Waals surface area (Å²) in [5.74, 6) is 1.93. The summed E-state index contributed by atoms with van der Waals surface area (Å²) in [4.78, 5) is 87.8. The van der Waals surface area contributed by atoms with Crippen LogP contribution in [0.25, 0.3) is 39.4 Å². The largest absolute Gasteiger partial charge is 0.365 e. The summed E-state index contributed by atoms with van der Waals surface area (Å²) in [7, 11) is 0. The lowest BCUT2D eigenvalue weighted by Crippen LogP contribution is -2.24. The summed E-state index contributed by atoms with van der Waals surface area (Å²) in [6.07, 6.45) is 16.1. The highest BCUT2D eigenvalue weighted by Gasteiger charge is 2.35. The lowest BCUT2D eigenvalue weighted by atomic mass is 9.95. The number of aromatic amines is 2. The number of rotatable bonds is 21. The first-order valence-electron chi connectivity index (χ1n) is 33.3. The number of hydrogen-bond donors (Lipinski definition) is 7. The molecule has 4 aromatic carbocycles. The monoisotopic (exact) mass is 1470 g/mol. The van der Waals surface area contributed by atoms with Gasteiger partial charge < -0.3 is 32.0 Å². The average Bonchev–Trinajstić information content (AvgIpc) is 1.62. The molecule has 0 aliphatic heterocycles. The van der Waals surface area contributed by atoms with Gasteiger partial charge in [0.2, 0.25) is 22.9 Å². The SMILES string of the molecule is CC(=O)c1c(NC(=O)C(C)Sc2nnc(-c3c[nH]c4ccccc34)n2C2CC2)sc2c1CCC2.CC(Sc1nnc(-c2ccccc2)n1-c1ccccc1)C(=O)Nc1sc2c(c1C(N)=O)CCC2.O=C(CSc1n[nH]c(C2CC2)n1)Nc1sc2c(c1C(=O)Nc1ccc(Cl)cc1)CCCC2. The molecule has 2 unspecified atom stereocenters. The van der Waals surface area contributed by atoms with Crippen LogP contribution in [0.15, 0.2) is 131 Å². The van der Waals surface area contributed by atoms with Crippen molar-refractivity contribution in [1.82, 2.24) is 49.7 Å². The number of hydrogen-bond acceptors (Lipinski definition) is 18. The van der Waals surface area contributed by atoms with Gasteiger partial charge in [-0.3, -0.25) is 43.0 Å². The van der Waals surface area contributed by atoms with Gasteiger partial charge in [-0.2, -0.15) is 0 Å². The number of aromatic nitrogens is 10. The zero-order chi connectivity index (χ0) is 69.1. The molecule has 5 aliphatic rings. The standard InChI is InChI=1S/C25H25N5O2S2.C25H23N5O2S2.C22H22ClN5O2S2/c1-13(31)21-17-7-5-9-20(17)34-24(21)27-23(32)14(2)33-25-29-28-22(30(25)15-10-11-15)18-12-26-19-8-4-3-6-16(18)19;1-15(23(32)27-24-20(21(26)31)18-13-8-14-19(18)34-24)33-25-29-28-22(16-9-4-2-5-10-16)30(25)17-11-6-3-7-12-17;23-13-7-9-14(10-8-13)24-20(30)18-15-3-1-2-4-16(15)32-21(18)25-17(29)11-31-22-26-19(27-28-22)12-5-6-12/h3-4,6,8,12,14-15,26H,5,7,9-11H2,1-2H3,(H,27,32);2-7,9-12,15H,8,13-14H2,1H3,(H2,26,31)(H,27,32);7-10,12H,1-6,11H2,(H,24,30)(H,25,29)(H,26,27,28). The molecule has 7 heterocycles. The van der Waals surface area contributed by atoms with E-state index < -0.39 is 11.2 Å². The number of anilines is 4. The van der Waals surface area contributed by atoms with Gasteiger partial charge in [-0.1, -0.05) is 114 Å². The highest BCUT2D eigenvalue weighted by Crippen LogP contribution is 2.46. The number of primary amides is 1. The fourth-order valence-electron chi connectivity index (χ4n) is 12.6. The van der Waals surface area contributed by atoms with E-state index in [9.17, 15) is 28.8 Å². The van der Waals surface area contributed by atoms with E-state index in [1.165, 1.54) is 67.7 Å². The van der Waals surface area contributed by atoms with Gasteiger partial charge in [0.15, 0.2) is 27.7 Å². The summed E-state index contributed by atoms with van der Waals surface area (Å²) in [5.41, 5.74) is 15.1. The van der Waals surface area contributed by atoms with E-state index in [1.807, 2.05) is 97.4 Å². The molecule has 16 rings (SSSR count). The maximum Gasteiger partial charge on any atom is 0.258 e. The molecule has 0 bridgehead atoms. The number of carbonyl (C=O) groups excluding carboxylic acids is 6. The molecule has 5 aliphatic carbocycles. The van der Waals surface area contributed by atoms with Gasteiger partial charge in [0, 0.05) is 71.2 Å². The minimum Gasteiger partial charge on any atom is -0.365 e. The molecule has 28 heteroatoms. The quantitative estimate of drug-likeness (QED) is 0.0260. The molecule has 0 spiro atoms. The number of Topliss-reactive ketones (excluding diaryl/α,β-unsaturated/α-hetero) is 1. The second-order valence-electron chi connectivity index (χ2n) is 25.0. The molecular formula is C72H70ClN15O6S6. The van der Waals surface area contributed by atoms with Crippen molar-refractivity contribution in [3.05, 3.63) is 174 Å². The normalized spacial score (nSPS) is 14.9. The van der Waals surface area contributed by atoms with E-state index in [0.717, 1.165) is 156 Å². The molecule has 2 fully saturated rings. The highest BCUT2D eigenvalue weighted by molar-refractivity contribution is 8.00. The number of carbonyl (C=O) groups is 6. The number of aryl methyl sites for hydroxylation is 3. The molecule has 2 atom stereocenters. The van der Waals surface area contributed by atoms with E-state index >= 15 is 0 Å². The Hall–Kier alpha value is -8.70. The number of nitrogens with two attached hydrogens (primary N) is 1. The summed E-state index contributed by atoms with van der Waals surface area (Å²) in [5, 5.41) is 41.5. The number of nitrogens with zero attached hydrogens (tertiary/aromatic N) is 8. The van der Waals surface area contributed by atoms with Crippen molar-refractivity contribution >= 4 is 148 Å². The van der Waals surface area contributed by atoms with Gasteiger partial charge in [0.05, 0.1) is 32.9 Å². The fraction of sp³-hybridized carbons (Fsp3) is 0.306. The first-order chi connectivity index (χ1) is 48.6. The first kappa shape index (κ1) is 68.4. The molecule has 100 heavy (non-hydrogen) atoms. The maximum absolute atomic E-state index is 13.2. The van der Waals surface area contributed by atoms with Crippen LogP contribution in [0.2, 0.25) is 5.02 Å². The minimum absolute atomic E-state index is 0.0202. The van der Waals surface area contributed by atoms with Gasteiger partial charge in [-0.15, -0.1) is 59.5 Å². The highest BCUT2D eigenvalue weighted by atomic mass is 35.5. The number of thioether (sulfide) groups is 3.